The summed E-state index contributed by atoms with van der Waals surface area (Å²) < 4.78 is 37.4. The first-order chi connectivity index (χ1) is 9.47. The molecule has 0 aliphatic rings. The molecule has 106 valence electrons. The maximum atomic E-state index is 12.5. The second-order valence-corrected chi connectivity index (χ2v) is 4.07. The van der Waals surface area contributed by atoms with Crippen molar-refractivity contribution in [3.05, 3.63) is 47.8 Å². The molecule has 0 unspecified atom stereocenters. The highest BCUT2D eigenvalue weighted by Crippen LogP contribution is 2.27. The number of aromatic nitrogens is 2. The highest BCUT2D eigenvalue weighted by atomic mass is 19.4. The predicted molar refractivity (Wildman–Crippen MR) is 67.3 cm³/mol. The summed E-state index contributed by atoms with van der Waals surface area (Å²) in [6.07, 6.45) is -2.98. The summed E-state index contributed by atoms with van der Waals surface area (Å²) in [4.78, 5) is 7.11. The van der Waals surface area contributed by atoms with Gasteiger partial charge in [0.2, 0.25) is 5.95 Å². The normalized spacial score (nSPS) is 11.3. The fourth-order valence-corrected chi connectivity index (χ4v) is 1.63. The topological polar surface area (TPSA) is 58.0 Å². The summed E-state index contributed by atoms with van der Waals surface area (Å²) in [6, 6.07) is 7.58. The van der Waals surface area contributed by atoms with Crippen molar-refractivity contribution in [2.45, 2.75) is 12.6 Å². The molecule has 0 aliphatic heterocycles. The van der Waals surface area contributed by atoms with Gasteiger partial charge in [-0.15, -0.1) is 0 Å². The van der Waals surface area contributed by atoms with Gasteiger partial charge in [0.25, 0.3) is 0 Å². The van der Waals surface area contributed by atoms with Gasteiger partial charge in [-0.25, -0.2) is 9.97 Å². The van der Waals surface area contributed by atoms with E-state index in [0.717, 1.165) is 12.3 Å². The molecule has 0 saturated carbocycles. The number of rotatable bonds is 4. The van der Waals surface area contributed by atoms with E-state index in [1.165, 1.54) is 0 Å². The monoisotopic (exact) mass is 283 g/mol. The van der Waals surface area contributed by atoms with Crippen LogP contribution in [0.4, 0.5) is 19.1 Å². The van der Waals surface area contributed by atoms with E-state index in [-0.39, 0.29) is 11.7 Å². The molecule has 0 atom stereocenters. The van der Waals surface area contributed by atoms with Crippen molar-refractivity contribution in [2.24, 2.45) is 0 Å². The molecule has 0 radical (unpaired) electrons. The van der Waals surface area contributed by atoms with Gasteiger partial charge in [-0.05, 0) is 24.1 Å². The molecule has 0 spiro atoms. The summed E-state index contributed by atoms with van der Waals surface area (Å²) in [7, 11) is 0. The van der Waals surface area contributed by atoms with Crippen LogP contribution in [0.25, 0.3) is 0 Å². The minimum Gasteiger partial charge on any atom is -0.508 e. The number of phenols is 1. The lowest BCUT2D eigenvalue weighted by atomic mass is 10.1. The zero-order chi connectivity index (χ0) is 14.6. The van der Waals surface area contributed by atoms with Crippen LogP contribution in [0.2, 0.25) is 0 Å². The molecule has 0 aliphatic carbocycles. The fourth-order valence-electron chi connectivity index (χ4n) is 1.63. The molecule has 2 N–H and O–H groups in total. The van der Waals surface area contributed by atoms with E-state index in [1.54, 1.807) is 24.3 Å². The van der Waals surface area contributed by atoms with Crippen LogP contribution in [-0.4, -0.2) is 21.6 Å². The first kappa shape index (κ1) is 14.1. The third kappa shape index (κ3) is 3.59. The third-order valence-electron chi connectivity index (χ3n) is 2.62. The number of para-hydroxylation sites is 1. The first-order valence-corrected chi connectivity index (χ1v) is 5.88. The standard InChI is InChI=1S/C13H12F3N3O/c14-13(15,16)11-6-8-18-12(19-11)17-7-5-9-3-1-2-4-10(9)20/h1-4,6,8,20H,5,7H2,(H,17,18,19). The number of nitrogens with one attached hydrogen (secondary N) is 1. The molecule has 2 rings (SSSR count). The molecule has 7 heteroatoms. The van der Waals surface area contributed by atoms with Gasteiger partial charge in [0.05, 0.1) is 0 Å². The van der Waals surface area contributed by atoms with Gasteiger partial charge in [0.15, 0.2) is 0 Å². The molecule has 1 heterocycles. The number of hydrogen-bond donors (Lipinski definition) is 2. The van der Waals surface area contributed by atoms with E-state index < -0.39 is 11.9 Å². The number of alkyl halides is 3. The first-order valence-electron chi connectivity index (χ1n) is 5.88. The van der Waals surface area contributed by atoms with Gasteiger partial charge in [0.1, 0.15) is 11.4 Å². The third-order valence-corrected chi connectivity index (χ3v) is 2.62. The summed E-state index contributed by atoms with van der Waals surface area (Å²) in [6.45, 7) is 0.318. The Bertz CT molecular complexity index is 587. The van der Waals surface area contributed by atoms with Crippen LogP contribution < -0.4 is 5.32 Å². The van der Waals surface area contributed by atoms with E-state index in [1.807, 2.05) is 0 Å². The van der Waals surface area contributed by atoms with E-state index >= 15 is 0 Å². The summed E-state index contributed by atoms with van der Waals surface area (Å²) in [5.74, 6) is 0.0644. The number of phenolic OH excluding ortho intramolecular Hbond substituents is 1. The molecule has 1 aromatic heterocycles. The number of nitrogens with zero attached hydrogens (tertiary/aromatic N) is 2. The van der Waals surface area contributed by atoms with Gasteiger partial charge in [-0.2, -0.15) is 13.2 Å². The molecule has 0 amide bonds. The number of benzene rings is 1. The van der Waals surface area contributed by atoms with Crippen LogP contribution in [0.15, 0.2) is 36.5 Å². The molecule has 20 heavy (non-hydrogen) atoms. The number of halogens is 3. The summed E-state index contributed by atoms with van der Waals surface area (Å²) >= 11 is 0. The van der Waals surface area contributed by atoms with Gasteiger partial charge in [0, 0.05) is 12.7 Å². The molecule has 0 saturated heterocycles. The fraction of sp³-hybridized carbons (Fsp3) is 0.231. The number of hydrogen-bond acceptors (Lipinski definition) is 4. The van der Waals surface area contributed by atoms with Crippen LogP contribution >= 0.6 is 0 Å². The minimum atomic E-state index is -4.49. The Balaban J connectivity index is 1.97. The molecular weight excluding hydrogens is 271 g/mol. The van der Waals surface area contributed by atoms with E-state index in [4.69, 9.17) is 0 Å². The molecule has 0 bridgehead atoms. The van der Waals surface area contributed by atoms with Crippen LogP contribution in [0.3, 0.4) is 0 Å². The van der Waals surface area contributed by atoms with Crippen molar-refractivity contribution in [2.75, 3.05) is 11.9 Å². The number of aromatic hydroxyl groups is 1. The second-order valence-electron chi connectivity index (χ2n) is 4.07. The highest BCUT2D eigenvalue weighted by Gasteiger charge is 2.32. The van der Waals surface area contributed by atoms with Gasteiger partial charge in [-0.3, -0.25) is 0 Å². The Hall–Kier alpha value is -2.31. The Labute approximate surface area is 113 Å². The van der Waals surface area contributed by atoms with Crippen molar-refractivity contribution >= 4 is 5.95 Å². The highest BCUT2D eigenvalue weighted by molar-refractivity contribution is 5.33. The van der Waals surface area contributed by atoms with E-state index in [2.05, 4.69) is 15.3 Å². The molecule has 1 aromatic carbocycles. The van der Waals surface area contributed by atoms with Crippen LogP contribution in [0, 0.1) is 0 Å². The summed E-state index contributed by atoms with van der Waals surface area (Å²) in [5.41, 5.74) is -0.287. The van der Waals surface area contributed by atoms with Crippen molar-refractivity contribution in [1.82, 2.24) is 9.97 Å². The van der Waals surface area contributed by atoms with Crippen LogP contribution in [0.1, 0.15) is 11.3 Å². The molecule has 0 fully saturated rings. The van der Waals surface area contributed by atoms with Gasteiger partial charge >= 0.3 is 6.18 Å². The van der Waals surface area contributed by atoms with Gasteiger partial charge < -0.3 is 10.4 Å². The van der Waals surface area contributed by atoms with E-state index in [9.17, 15) is 18.3 Å². The molecule has 2 aromatic rings. The maximum Gasteiger partial charge on any atom is 0.433 e. The Morgan fingerprint density at radius 3 is 2.60 bits per heavy atom. The SMILES string of the molecule is Oc1ccccc1CCNc1nccc(C(F)(F)F)n1. The Morgan fingerprint density at radius 1 is 1.15 bits per heavy atom. The zero-order valence-corrected chi connectivity index (χ0v) is 10.4. The van der Waals surface area contributed by atoms with E-state index in [0.29, 0.717) is 18.5 Å². The van der Waals surface area contributed by atoms with Gasteiger partial charge in [-0.1, -0.05) is 18.2 Å². The van der Waals surface area contributed by atoms with Crippen LogP contribution in [0.5, 0.6) is 5.75 Å². The van der Waals surface area contributed by atoms with Crippen molar-refractivity contribution in [3.8, 4) is 5.75 Å². The van der Waals surface area contributed by atoms with Crippen molar-refractivity contribution in [1.29, 1.82) is 0 Å². The predicted octanol–water partition coefficient (Wildman–Crippen LogP) is 2.86. The molecule has 4 nitrogen and oxygen atoms in total. The lowest BCUT2D eigenvalue weighted by Gasteiger charge is -2.09. The lowest BCUT2D eigenvalue weighted by molar-refractivity contribution is -0.141. The summed E-state index contributed by atoms with van der Waals surface area (Å²) in [5, 5.41) is 12.3. The molecular formula is C13H12F3N3O. The smallest absolute Gasteiger partial charge is 0.433 e. The Morgan fingerprint density at radius 2 is 1.90 bits per heavy atom. The largest absolute Gasteiger partial charge is 0.508 e. The van der Waals surface area contributed by atoms with Crippen LogP contribution in [-0.2, 0) is 12.6 Å². The minimum absolute atomic E-state index is 0.0877. The lowest BCUT2D eigenvalue weighted by Crippen LogP contribution is -2.13. The second kappa shape index (κ2) is 5.77. The average molecular weight is 283 g/mol. The Kier molecular flexibility index (Phi) is 4.07. The maximum absolute atomic E-state index is 12.5. The van der Waals surface area contributed by atoms with Crippen molar-refractivity contribution in [3.63, 3.8) is 0 Å². The van der Waals surface area contributed by atoms with Crippen molar-refractivity contribution < 1.29 is 18.3 Å². The zero-order valence-electron chi connectivity index (χ0n) is 10.4. The number of anilines is 1. The quantitative estimate of drug-likeness (QED) is 0.906. The average Bonchev–Trinajstić information content (AvgIpc) is 2.40.